The van der Waals surface area contributed by atoms with E-state index < -0.39 is 6.10 Å². The van der Waals surface area contributed by atoms with Crippen molar-refractivity contribution in [1.82, 2.24) is 0 Å². The second-order valence-electron chi connectivity index (χ2n) is 4.83. The lowest BCUT2D eigenvalue weighted by Crippen LogP contribution is -2.23. The molecule has 0 bridgehead atoms. The molecule has 1 unspecified atom stereocenters. The van der Waals surface area contributed by atoms with Crippen LogP contribution in [0.15, 0.2) is 42.0 Å². The average Bonchev–Trinajstić information content (AvgIpc) is 2.39. The zero-order valence-corrected chi connectivity index (χ0v) is 11.4. The lowest BCUT2D eigenvalue weighted by Gasteiger charge is -2.18. The molecule has 0 saturated carbocycles. The van der Waals surface area contributed by atoms with Gasteiger partial charge in [0.15, 0.2) is 5.78 Å². The maximum Gasteiger partial charge on any atom is 0.191 e. The Morgan fingerprint density at radius 2 is 1.89 bits per heavy atom. The van der Waals surface area contributed by atoms with E-state index in [1.807, 2.05) is 38.1 Å². The van der Waals surface area contributed by atoms with E-state index in [4.69, 9.17) is 0 Å². The second kappa shape index (κ2) is 7.12. The first kappa shape index (κ1) is 14.7. The fourth-order valence-electron chi connectivity index (χ4n) is 1.76. The summed E-state index contributed by atoms with van der Waals surface area (Å²) in [6.07, 6.45) is 2.97. The number of allylic oxidation sites excluding steroid dienone is 1. The second-order valence-corrected chi connectivity index (χ2v) is 4.83. The van der Waals surface area contributed by atoms with E-state index in [-0.39, 0.29) is 11.7 Å². The summed E-state index contributed by atoms with van der Waals surface area (Å²) in [5.74, 6) is -0.0222. The molecule has 2 nitrogen and oxygen atoms in total. The van der Waals surface area contributed by atoms with Gasteiger partial charge in [0.05, 0.1) is 6.10 Å². The molecule has 0 spiro atoms. The number of hydrogen-bond donors (Lipinski definition) is 1. The smallest absolute Gasteiger partial charge is 0.191 e. The van der Waals surface area contributed by atoms with Crippen LogP contribution in [0.2, 0.25) is 0 Å². The normalized spacial score (nSPS) is 13.7. The highest BCUT2D eigenvalue weighted by Crippen LogP contribution is 2.18. The number of hydrogen-bond acceptors (Lipinski definition) is 2. The van der Waals surface area contributed by atoms with Crippen LogP contribution in [0.3, 0.4) is 0 Å². The Balaban J connectivity index is 3.01. The Kier molecular flexibility index (Phi) is 5.79. The zero-order valence-electron chi connectivity index (χ0n) is 11.4. The van der Waals surface area contributed by atoms with Gasteiger partial charge < -0.3 is 5.11 Å². The maximum atomic E-state index is 12.4. The van der Waals surface area contributed by atoms with Gasteiger partial charge in [-0.15, -0.1) is 0 Å². The van der Waals surface area contributed by atoms with E-state index in [2.05, 4.69) is 6.92 Å². The van der Waals surface area contributed by atoms with E-state index in [1.54, 1.807) is 12.1 Å². The highest BCUT2D eigenvalue weighted by atomic mass is 16.3. The third-order valence-corrected chi connectivity index (χ3v) is 2.90. The van der Waals surface area contributed by atoms with Crippen molar-refractivity contribution in [2.75, 3.05) is 0 Å². The molecule has 1 rings (SSSR count). The van der Waals surface area contributed by atoms with Crippen molar-refractivity contribution in [3.63, 3.8) is 0 Å². The predicted octanol–water partition coefficient (Wildman–Crippen LogP) is 3.61. The lowest BCUT2D eigenvalue weighted by molar-refractivity contribution is 0.0952. The van der Waals surface area contributed by atoms with Gasteiger partial charge in [-0.3, -0.25) is 4.79 Å². The molecule has 98 valence electrons. The molecule has 0 aliphatic rings. The molecule has 0 fully saturated rings. The van der Waals surface area contributed by atoms with E-state index in [0.29, 0.717) is 11.1 Å². The molecule has 18 heavy (non-hydrogen) atoms. The van der Waals surface area contributed by atoms with Crippen LogP contribution in [-0.4, -0.2) is 17.0 Å². The van der Waals surface area contributed by atoms with Gasteiger partial charge in [-0.1, -0.05) is 63.6 Å². The summed E-state index contributed by atoms with van der Waals surface area (Å²) < 4.78 is 0. The number of Topliss-reactive ketones (excluding diaryl/α,β-unsaturated/α-hetero) is 1. The third kappa shape index (κ3) is 3.81. The topological polar surface area (TPSA) is 37.3 Å². The standard InChI is InChI=1S/C16H22O2/c1-4-5-11-14(15(17)12(2)3)16(18)13-9-7-6-8-10-13/h6-12,15,17H,4-5H2,1-3H3/b14-11-. The first-order valence-corrected chi connectivity index (χ1v) is 6.55. The molecule has 1 aromatic carbocycles. The molecule has 0 saturated heterocycles. The Labute approximate surface area is 109 Å². The Morgan fingerprint density at radius 3 is 2.39 bits per heavy atom. The quantitative estimate of drug-likeness (QED) is 0.615. The molecule has 0 aliphatic carbocycles. The molecule has 0 aromatic heterocycles. The van der Waals surface area contributed by atoms with Gasteiger partial charge in [0.1, 0.15) is 0 Å². The lowest BCUT2D eigenvalue weighted by atomic mass is 9.91. The van der Waals surface area contributed by atoms with Crippen LogP contribution in [0.4, 0.5) is 0 Å². The summed E-state index contributed by atoms with van der Waals surface area (Å²) in [6.45, 7) is 5.90. The van der Waals surface area contributed by atoms with E-state index in [9.17, 15) is 9.90 Å². The fourth-order valence-corrected chi connectivity index (χ4v) is 1.76. The van der Waals surface area contributed by atoms with Crippen molar-refractivity contribution in [3.05, 3.63) is 47.5 Å². The van der Waals surface area contributed by atoms with E-state index in [0.717, 1.165) is 12.8 Å². The number of ketones is 1. The minimum Gasteiger partial charge on any atom is -0.388 e. The largest absolute Gasteiger partial charge is 0.388 e. The molecular weight excluding hydrogens is 224 g/mol. The molecule has 1 N–H and O–H groups in total. The molecule has 0 heterocycles. The Hall–Kier alpha value is -1.41. The molecule has 1 atom stereocenters. The van der Waals surface area contributed by atoms with Crippen molar-refractivity contribution in [2.24, 2.45) is 5.92 Å². The first-order valence-electron chi connectivity index (χ1n) is 6.55. The zero-order chi connectivity index (χ0) is 13.5. The van der Waals surface area contributed by atoms with Crippen LogP contribution in [-0.2, 0) is 0 Å². The number of aliphatic hydroxyl groups excluding tert-OH is 1. The molecular formula is C16H22O2. The summed E-state index contributed by atoms with van der Waals surface area (Å²) in [5, 5.41) is 10.2. The maximum absolute atomic E-state index is 12.4. The van der Waals surface area contributed by atoms with Crippen LogP contribution >= 0.6 is 0 Å². The van der Waals surface area contributed by atoms with Gasteiger partial charge >= 0.3 is 0 Å². The van der Waals surface area contributed by atoms with Gasteiger partial charge in [0.2, 0.25) is 0 Å². The SMILES string of the molecule is CCC/C=C(\C(=O)c1ccccc1)C(O)C(C)C. The van der Waals surface area contributed by atoms with E-state index in [1.165, 1.54) is 0 Å². The third-order valence-electron chi connectivity index (χ3n) is 2.90. The molecule has 1 aromatic rings. The number of unbranched alkanes of at least 4 members (excludes halogenated alkanes) is 1. The fraction of sp³-hybridized carbons (Fsp3) is 0.438. The summed E-state index contributed by atoms with van der Waals surface area (Å²) in [6, 6.07) is 9.13. The van der Waals surface area contributed by atoms with Gasteiger partial charge in [-0.25, -0.2) is 0 Å². The first-order chi connectivity index (χ1) is 8.57. The van der Waals surface area contributed by atoms with Crippen molar-refractivity contribution < 1.29 is 9.90 Å². The minimum absolute atomic E-state index is 0.0424. The highest BCUT2D eigenvalue weighted by molar-refractivity contribution is 6.09. The van der Waals surface area contributed by atoms with Crippen LogP contribution in [0.5, 0.6) is 0 Å². The van der Waals surface area contributed by atoms with Crippen LogP contribution in [0.1, 0.15) is 44.0 Å². The number of benzene rings is 1. The van der Waals surface area contributed by atoms with Gasteiger partial charge in [0, 0.05) is 11.1 Å². The number of rotatable bonds is 6. The number of carbonyl (C=O) groups excluding carboxylic acids is 1. The summed E-state index contributed by atoms with van der Waals surface area (Å²) in [4.78, 5) is 12.4. The summed E-state index contributed by atoms with van der Waals surface area (Å²) in [7, 11) is 0. The molecule has 0 radical (unpaired) electrons. The Bertz CT molecular complexity index is 404. The van der Waals surface area contributed by atoms with Gasteiger partial charge in [-0.05, 0) is 12.3 Å². The van der Waals surface area contributed by atoms with Gasteiger partial charge in [-0.2, -0.15) is 0 Å². The van der Waals surface area contributed by atoms with E-state index >= 15 is 0 Å². The number of aliphatic hydroxyl groups is 1. The van der Waals surface area contributed by atoms with Crippen molar-refractivity contribution in [1.29, 1.82) is 0 Å². The van der Waals surface area contributed by atoms with Gasteiger partial charge in [0.25, 0.3) is 0 Å². The van der Waals surface area contributed by atoms with Crippen molar-refractivity contribution in [3.8, 4) is 0 Å². The highest BCUT2D eigenvalue weighted by Gasteiger charge is 2.22. The summed E-state index contributed by atoms with van der Waals surface area (Å²) >= 11 is 0. The summed E-state index contributed by atoms with van der Waals surface area (Å²) in [5.41, 5.74) is 1.16. The Morgan fingerprint density at radius 1 is 1.28 bits per heavy atom. The molecule has 0 amide bonds. The minimum atomic E-state index is -0.691. The molecule has 2 heteroatoms. The average molecular weight is 246 g/mol. The number of carbonyl (C=O) groups is 1. The van der Waals surface area contributed by atoms with Crippen LogP contribution < -0.4 is 0 Å². The monoisotopic (exact) mass is 246 g/mol. The van der Waals surface area contributed by atoms with Crippen molar-refractivity contribution >= 4 is 5.78 Å². The van der Waals surface area contributed by atoms with Crippen LogP contribution in [0.25, 0.3) is 0 Å². The molecule has 0 aliphatic heterocycles. The van der Waals surface area contributed by atoms with Crippen LogP contribution in [0, 0.1) is 5.92 Å². The van der Waals surface area contributed by atoms with Crippen molar-refractivity contribution in [2.45, 2.75) is 39.7 Å². The predicted molar refractivity (Wildman–Crippen MR) is 74.6 cm³/mol.